The monoisotopic (exact) mass is 214 g/mol. The van der Waals surface area contributed by atoms with Crippen LogP contribution in [0.25, 0.3) is 10.3 Å². The molecule has 0 atom stereocenters. The second kappa shape index (κ2) is 3.12. The van der Waals surface area contributed by atoms with Gasteiger partial charge in [-0.3, -0.25) is 0 Å². The summed E-state index contributed by atoms with van der Waals surface area (Å²) in [5, 5.41) is 0. The van der Waals surface area contributed by atoms with E-state index < -0.39 is 0 Å². The maximum atomic E-state index is 5.76. The summed E-state index contributed by atoms with van der Waals surface area (Å²) in [6.45, 7) is 1.93. The second-order valence-electron chi connectivity index (χ2n) is 2.61. The van der Waals surface area contributed by atoms with Crippen LogP contribution in [0.1, 0.15) is 5.56 Å². The molecule has 2 aromatic heterocycles. The molecule has 2 heterocycles. The van der Waals surface area contributed by atoms with Gasteiger partial charge in [0.15, 0.2) is 4.47 Å². The SMILES string of the molecule is COc1nc2sc(Cl)nc2cc1C. The van der Waals surface area contributed by atoms with Crippen LogP contribution in [0.3, 0.4) is 0 Å². The second-order valence-corrected chi connectivity index (χ2v) is 4.17. The van der Waals surface area contributed by atoms with Crippen molar-refractivity contribution in [2.24, 2.45) is 0 Å². The van der Waals surface area contributed by atoms with Crippen molar-refractivity contribution in [2.75, 3.05) is 7.11 Å². The molecule has 0 aliphatic heterocycles. The van der Waals surface area contributed by atoms with Gasteiger partial charge in [0, 0.05) is 5.56 Å². The van der Waals surface area contributed by atoms with Crippen molar-refractivity contribution in [3.05, 3.63) is 16.1 Å². The molecule has 2 aromatic rings. The summed E-state index contributed by atoms with van der Waals surface area (Å²) in [4.78, 5) is 9.19. The molecular formula is C8H7ClN2OS. The number of methoxy groups -OCH3 is 1. The highest BCUT2D eigenvalue weighted by Gasteiger charge is 2.07. The Hall–Kier alpha value is -0.870. The highest BCUT2D eigenvalue weighted by atomic mass is 35.5. The maximum absolute atomic E-state index is 5.76. The largest absolute Gasteiger partial charge is 0.481 e. The molecule has 0 unspecified atom stereocenters. The van der Waals surface area contributed by atoms with Crippen LogP contribution in [-0.4, -0.2) is 17.1 Å². The van der Waals surface area contributed by atoms with Crippen molar-refractivity contribution in [1.29, 1.82) is 0 Å². The number of rotatable bonds is 1. The van der Waals surface area contributed by atoms with E-state index in [9.17, 15) is 0 Å². The van der Waals surface area contributed by atoms with E-state index in [1.807, 2.05) is 13.0 Å². The van der Waals surface area contributed by atoms with E-state index in [4.69, 9.17) is 16.3 Å². The van der Waals surface area contributed by atoms with Gasteiger partial charge < -0.3 is 4.74 Å². The minimum Gasteiger partial charge on any atom is -0.481 e. The topological polar surface area (TPSA) is 35.0 Å². The molecule has 0 aromatic carbocycles. The zero-order valence-electron chi connectivity index (χ0n) is 7.17. The molecule has 0 saturated heterocycles. The quantitative estimate of drug-likeness (QED) is 0.732. The van der Waals surface area contributed by atoms with Gasteiger partial charge in [0.25, 0.3) is 0 Å². The zero-order chi connectivity index (χ0) is 9.42. The Labute approximate surface area is 84.3 Å². The Morgan fingerprint density at radius 1 is 1.46 bits per heavy atom. The molecule has 0 fully saturated rings. The Balaban J connectivity index is 2.72. The fraction of sp³-hybridized carbons (Fsp3) is 0.250. The van der Waals surface area contributed by atoms with Crippen molar-refractivity contribution >= 4 is 33.3 Å². The van der Waals surface area contributed by atoms with Gasteiger partial charge in [-0.2, -0.15) is 0 Å². The molecule has 68 valence electrons. The summed E-state index contributed by atoms with van der Waals surface area (Å²) in [6, 6.07) is 1.92. The van der Waals surface area contributed by atoms with Crippen LogP contribution in [0.15, 0.2) is 6.07 Å². The maximum Gasteiger partial charge on any atom is 0.217 e. The number of aryl methyl sites for hydroxylation is 1. The van der Waals surface area contributed by atoms with Crippen LogP contribution in [-0.2, 0) is 0 Å². The van der Waals surface area contributed by atoms with Gasteiger partial charge in [0.05, 0.1) is 7.11 Å². The number of pyridine rings is 1. The van der Waals surface area contributed by atoms with Gasteiger partial charge >= 0.3 is 0 Å². The van der Waals surface area contributed by atoms with Gasteiger partial charge in [-0.05, 0) is 13.0 Å². The van der Waals surface area contributed by atoms with Crippen molar-refractivity contribution in [3.8, 4) is 5.88 Å². The molecular weight excluding hydrogens is 208 g/mol. The van der Waals surface area contributed by atoms with Gasteiger partial charge in [-0.1, -0.05) is 22.9 Å². The molecule has 0 bridgehead atoms. The van der Waals surface area contributed by atoms with Crippen LogP contribution < -0.4 is 4.74 Å². The summed E-state index contributed by atoms with van der Waals surface area (Å²) in [6.07, 6.45) is 0. The number of hydrogen-bond acceptors (Lipinski definition) is 4. The summed E-state index contributed by atoms with van der Waals surface area (Å²) in [5.74, 6) is 0.632. The Kier molecular flexibility index (Phi) is 2.09. The Morgan fingerprint density at radius 3 is 2.92 bits per heavy atom. The van der Waals surface area contributed by atoms with Gasteiger partial charge in [-0.25, -0.2) is 9.97 Å². The summed E-state index contributed by atoms with van der Waals surface area (Å²) >= 11 is 7.11. The number of halogens is 1. The molecule has 0 spiro atoms. The van der Waals surface area contributed by atoms with Crippen LogP contribution in [0.2, 0.25) is 4.47 Å². The molecule has 2 rings (SSSR count). The number of fused-ring (bicyclic) bond motifs is 1. The van der Waals surface area contributed by atoms with E-state index in [0.29, 0.717) is 10.3 Å². The Morgan fingerprint density at radius 2 is 2.23 bits per heavy atom. The lowest BCUT2D eigenvalue weighted by molar-refractivity contribution is 0.396. The summed E-state index contributed by atoms with van der Waals surface area (Å²) in [5.41, 5.74) is 1.80. The predicted octanol–water partition coefficient (Wildman–Crippen LogP) is 2.66. The van der Waals surface area contributed by atoms with Crippen molar-refractivity contribution in [3.63, 3.8) is 0 Å². The third-order valence-corrected chi connectivity index (χ3v) is 2.76. The molecule has 0 aliphatic rings. The molecule has 0 aliphatic carbocycles. The summed E-state index contributed by atoms with van der Waals surface area (Å²) in [7, 11) is 1.60. The number of aromatic nitrogens is 2. The lowest BCUT2D eigenvalue weighted by Gasteiger charge is -2.00. The predicted molar refractivity (Wildman–Crippen MR) is 53.7 cm³/mol. The third kappa shape index (κ3) is 1.47. The highest BCUT2D eigenvalue weighted by Crippen LogP contribution is 2.27. The van der Waals surface area contributed by atoms with Crippen molar-refractivity contribution < 1.29 is 4.74 Å². The first-order valence-electron chi connectivity index (χ1n) is 3.68. The molecule has 5 heteroatoms. The first-order chi connectivity index (χ1) is 6.20. The standard InChI is InChI=1S/C8H7ClN2OS/c1-4-3-5-7(11-6(4)12-2)13-8(9)10-5/h3H,1-2H3. The molecule has 0 N–H and O–H groups in total. The molecule has 0 saturated carbocycles. The normalized spacial score (nSPS) is 10.7. The van der Waals surface area contributed by atoms with Crippen LogP contribution in [0.5, 0.6) is 5.88 Å². The number of nitrogens with zero attached hydrogens (tertiary/aromatic N) is 2. The van der Waals surface area contributed by atoms with E-state index >= 15 is 0 Å². The molecule has 13 heavy (non-hydrogen) atoms. The lowest BCUT2D eigenvalue weighted by atomic mass is 10.3. The average Bonchev–Trinajstić information content (AvgIpc) is 2.42. The van der Waals surface area contributed by atoms with E-state index in [-0.39, 0.29) is 0 Å². The minimum absolute atomic E-state index is 0.509. The first kappa shape index (κ1) is 8.72. The minimum atomic E-state index is 0.509. The van der Waals surface area contributed by atoms with Crippen LogP contribution in [0, 0.1) is 6.92 Å². The van der Waals surface area contributed by atoms with Crippen LogP contribution in [0.4, 0.5) is 0 Å². The van der Waals surface area contributed by atoms with Gasteiger partial charge in [-0.15, -0.1) is 0 Å². The third-order valence-electron chi connectivity index (χ3n) is 1.70. The van der Waals surface area contributed by atoms with E-state index in [0.717, 1.165) is 15.9 Å². The number of thiazole rings is 1. The van der Waals surface area contributed by atoms with E-state index in [1.54, 1.807) is 7.11 Å². The van der Waals surface area contributed by atoms with E-state index in [2.05, 4.69) is 9.97 Å². The first-order valence-corrected chi connectivity index (χ1v) is 4.88. The Bertz CT molecular complexity index is 455. The van der Waals surface area contributed by atoms with Gasteiger partial charge in [0.1, 0.15) is 10.3 Å². The lowest BCUT2D eigenvalue weighted by Crippen LogP contribution is -1.90. The van der Waals surface area contributed by atoms with Crippen molar-refractivity contribution in [1.82, 2.24) is 9.97 Å². The molecule has 0 radical (unpaired) electrons. The van der Waals surface area contributed by atoms with Crippen molar-refractivity contribution in [2.45, 2.75) is 6.92 Å². The fourth-order valence-electron chi connectivity index (χ4n) is 1.13. The highest BCUT2D eigenvalue weighted by molar-refractivity contribution is 7.21. The average molecular weight is 215 g/mol. The number of ether oxygens (including phenoxy) is 1. The smallest absolute Gasteiger partial charge is 0.217 e. The molecule has 0 amide bonds. The zero-order valence-corrected chi connectivity index (χ0v) is 8.74. The summed E-state index contributed by atoms with van der Waals surface area (Å²) < 4.78 is 5.60. The van der Waals surface area contributed by atoms with E-state index in [1.165, 1.54) is 11.3 Å². The fourth-order valence-corrected chi connectivity index (χ4v) is 2.08. The number of hydrogen-bond donors (Lipinski definition) is 0. The van der Waals surface area contributed by atoms with Crippen LogP contribution >= 0.6 is 22.9 Å². The van der Waals surface area contributed by atoms with Gasteiger partial charge in [0.2, 0.25) is 5.88 Å². The molecule has 3 nitrogen and oxygen atoms in total.